The molecule has 0 bridgehead atoms. The van der Waals surface area contributed by atoms with E-state index in [4.69, 9.17) is 0 Å². The molecule has 0 N–H and O–H groups in total. The van der Waals surface area contributed by atoms with Gasteiger partial charge in [-0.3, -0.25) is 0 Å². The molecule has 2 aromatic carbocycles. The van der Waals surface area contributed by atoms with Gasteiger partial charge in [0.2, 0.25) is 0 Å². The summed E-state index contributed by atoms with van der Waals surface area (Å²) in [6.45, 7) is 0. The first-order valence-electron chi connectivity index (χ1n) is 4.06. The Balaban J connectivity index is 0.000000280. The second-order valence-corrected chi connectivity index (χ2v) is 2.63. The first-order valence-corrected chi connectivity index (χ1v) is 4.06. The zero-order valence-corrected chi connectivity index (χ0v) is 9.42. The average Bonchev–Trinajstić information content (AvgIpc) is 2.80. The number of halogens is 3. The Labute approximate surface area is 99.2 Å². The third-order valence-corrected chi connectivity index (χ3v) is 1.55. The van der Waals surface area contributed by atoms with Crippen LogP contribution < -0.4 is 0 Å². The normalized spacial score (nSPS) is 9.80. The van der Waals surface area contributed by atoms with E-state index in [0.29, 0.717) is 0 Å². The van der Waals surface area contributed by atoms with Crippen molar-refractivity contribution in [2.45, 2.75) is 6.18 Å². The van der Waals surface area contributed by atoms with Crippen molar-refractivity contribution in [3.05, 3.63) is 60.2 Å². The molecule has 0 spiro atoms. The summed E-state index contributed by atoms with van der Waals surface area (Å²) in [7, 11) is 0. The fourth-order valence-electron chi connectivity index (χ4n) is 0.884. The fourth-order valence-corrected chi connectivity index (χ4v) is 0.884. The average molecular weight is 299 g/mol. The van der Waals surface area contributed by atoms with Crippen molar-refractivity contribution in [3.63, 3.8) is 0 Å². The van der Waals surface area contributed by atoms with E-state index in [1.807, 2.05) is 30.3 Å². The van der Waals surface area contributed by atoms with E-state index in [2.05, 4.69) is 0 Å². The van der Waals surface area contributed by atoms with Crippen LogP contribution in [0.3, 0.4) is 0 Å². The minimum atomic E-state index is -4.18. The van der Waals surface area contributed by atoms with E-state index in [9.17, 15) is 13.2 Å². The van der Waals surface area contributed by atoms with Crippen LogP contribution in [0.4, 0.5) is 13.2 Å². The van der Waals surface area contributed by atoms with Crippen molar-refractivity contribution in [1.82, 2.24) is 0 Å². The third kappa shape index (κ3) is 5.53. The van der Waals surface area contributed by atoms with Crippen LogP contribution in [0.25, 0.3) is 0 Å². The maximum atomic E-state index is 11.6. The molecule has 0 aliphatic heterocycles. The molecular formula is C11H9F3Ru-6. The van der Waals surface area contributed by atoms with Gasteiger partial charge in [-0.05, 0) is 0 Å². The van der Waals surface area contributed by atoms with E-state index >= 15 is 0 Å². The van der Waals surface area contributed by atoms with Gasteiger partial charge in [-0.2, -0.15) is 25.3 Å². The molecule has 0 saturated heterocycles. The molecule has 0 radical (unpaired) electrons. The van der Waals surface area contributed by atoms with Crippen molar-refractivity contribution >= 4 is 0 Å². The van der Waals surface area contributed by atoms with Crippen molar-refractivity contribution in [2.24, 2.45) is 0 Å². The van der Waals surface area contributed by atoms with Crippen molar-refractivity contribution in [2.75, 3.05) is 0 Å². The van der Waals surface area contributed by atoms with Crippen LogP contribution in [0, 0.1) is 0 Å². The Kier molecular flexibility index (Phi) is 6.18. The molecule has 15 heavy (non-hydrogen) atoms. The molecule has 2 rings (SSSR count). The first-order chi connectivity index (χ1) is 6.61. The first kappa shape index (κ1) is 14.1. The van der Waals surface area contributed by atoms with E-state index < -0.39 is 11.7 Å². The van der Waals surface area contributed by atoms with Crippen LogP contribution in [0.1, 0.15) is 5.56 Å². The summed E-state index contributed by atoms with van der Waals surface area (Å²) in [5.74, 6) is 0. The molecule has 0 aromatic heterocycles. The van der Waals surface area contributed by atoms with Crippen LogP contribution in [0.15, 0.2) is 54.6 Å². The summed E-state index contributed by atoms with van der Waals surface area (Å²) in [6, 6.07) is 14.8. The molecule has 4 heteroatoms. The Bertz CT molecular complexity index is 302. The standard InChI is InChI=1S/C6H4F3.C5H5.Ru/c7-6(8,9)5-3-1-2-4-5;1-2-4-5-3-1;/h1-4H;1-5H;/q-1;-5;. The summed E-state index contributed by atoms with van der Waals surface area (Å²) < 4.78 is 34.9. The molecule has 0 fully saturated rings. The molecule has 0 saturated carbocycles. The van der Waals surface area contributed by atoms with E-state index in [1.54, 1.807) is 0 Å². The maximum Gasteiger partial charge on any atom is 0.370 e. The molecule has 0 nitrogen and oxygen atoms in total. The Morgan fingerprint density at radius 2 is 1.13 bits per heavy atom. The van der Waals surface area contributed by atoms with Gasteiger partial charge >= 0.3 is 6.18 Å². The summed E-state index contributed by atoms with van der Waals surface area (Å²) >= 11 is 0. The second kappa shape index (κ2) is 6.57. The van der Waals surface area contributed by atoms with E-state index in [0.717, 1.165) is 12.1 Å². The van der Waals surface area contributed by atoms with Crippen LogP contribution in [-0.2, 0) is 25.7 Å². The largest absolute Gasteiger partial charge is 0.748 e. The van der Waals surface area contributed by atoms with Gasteiger partial charge in [0.15, 0.2) is 0 Å². The molecule has 0 aliphatic carbocycles. The predicted molar refractivity (Wildman–Crippen MR) is 49.1 cm³/mol. The summed E-state index contributed by atoms with van der Waals surface area (Å²) in [6.07, 6.45) is -4.18. The van der Waals surface area contributed by atoms with Gasteiger partial charge < -0.3 is 30.3 Å². The van der Waals surface area contributed by atoms with Gasteiger partial charge in [0.1, 0.15) is 0 Å². The van der Waals surface area contributed by atoms with Crippen LogP contribution >= 0.6 is 0 Å². The molecule has 2 aromatic rings. The monoisotopic (exact) mass is 300 g/mol. The van der Waals surface area contributed by atoms with Gasteiger partial charge in [-0.25, -0.2) is 12.1 Å². The summed E-state index contributed by atoms with van der Waals surface area (Å²) in [4.78, 5) is 0. The van der Waals surface area contributed by atoms with Gasteiger partial charge in [-0.15, -0.1) is 0 Å². The molecule has 0 amide bonds. The predicted octanol–water partition coefficient (Wildman–Crippen LogP) is 3.83. The topological polar surface area (TPSA) is 0 Å². The smallest absolute Gasteiger partial charge is 0.370 e. The van der Waals surface area contributed by atoms with Crippen LogP contribution in [-0.4, -0.2) is 0 Å². The number of hydrogen-bond donors (Lipinski definition) is 0. The van der Waals surface area contributed by atoms with Crippen molar-refractivity contribution < 1.29 is 32.6 Å². The number of rotatable bonds is 0. The van der Waals surface area contributed by atoms with Crippen molar-refractivity contribution in [1.29, 1.82) is 0 Å². The van der Waals surface area contributed by atoms with E-state index in [1.165, 1.54) is 12.1 Å². The Hall–Kier alpha value is -0.887. The number of hydrogen-bond acceptors (Lipinski definition) is 0. The second-order valence-electron chi connectivity index (χ2n) is 2.63. The fraction of sp³-hybridized carbons (Fsp3) is 0.0909. The quantitative estimate of drug-likeness (QED) is 0.512. The SMILES string of the molecule is FC(F)(F)[c-]1cccc1.[Ru].[cH-]1[cH-][cH-][cH-][cH-]1. The van der Waals surface area contributed by atoms with Crippen LogP contribution in [0.2, 0.25) is 0 Å². The molecule has 88 valence electrons. The van der Waals surface area contributed by atoms with Gasteiger partial charge in [0, 0.05) is 19.5 Å². The number of alkyl halides is 3. The Morgan fingerprint density at radius 3 is 1.33 bits per heavy atom. The van der Waals surface area contributed by atoms with E-state index in [-0.39, 0.29) is 19.5 Å². The zero-order valence-electron chi connectivity index (χ0n) is 7.68. The third-order valence-electron chi connectivity index (χ3n) is 1.55. The van der Waals surface area contributed by atoms with Gasteiger partial charge in [-0.1, -0.05) is 5.56 Å². The van der Waals surface area contributed by atoms with Crippen molar-refractivity contribution in [3.8, 4) is 0 Å². The molecule has 0 heterocycles. The maximum absolute atomic E-state index is 11.6. The summed E-state index contributed by atoms with van der Waals surface area (Å²) in [5.41, 5.74) is -0.581. The minimum Gasteiger partial charge on any atom is -0.748 e. The molecule has 0 unspecified atom stereocenters. The van der Waals surface area contributed by atoms with Crippen LogP contribution in [0.5, 0.6) is 0 Å². The summed E-state index contributed by atoms with van der Waals surface area (Å²) in [5, 5.41) is 0. The minimum absolute atomic E-state index is 0. The molecule has 0 atom stereocenters. The molecule has 0 aliphatic rings. The zero-order chi connectivity index (χ0) is 10.4. The molecular weight excluding hydrogens is 290 g/mol. The van der Waals surface area contributed by atoms with Gasteiger partial charge in [0.25, 0.3) is 0 Å². The van der Waals surface area contributed by atoms with Gasteiger partial charge in [0.05, 0.1) is 0 Å². The Morgan fingerprint density at radius 1 is 0.800 bits per heavy atom.